The van der Waals surface area contributed by atoms with E-state index in [-0.39, 0.29) is 23.9 Å². The number of hydrogen-bond acceptors (Lipinski definition) is 7. The lowest BCUT2D eigenvalue weighted by Crippen LogP contribution is -2.58. The van der Waals surface area contributed by atoms with Crippen LogP contribution >= 0.6 is 23.4 Å². The summed E-state index contributed by atoms with van der Waals surface area (Å²) in [7, 11) is 0. The number of rotatable bonds is 8. The lowest BCUT2D eigenvalue weighted by atomic mass is 9.80. The number of H-pyrrole nitrogens is 1. The smallest absolute Gasteiger partial charge is 0.254 e. The Labute approximate surface area is 244 Å². The fourth-order valence-electron chi connectivity index (χ4n) is 6.34. The minimum Gasteiger partial charge on any atom is -0.448 e. The van der Waals surface area contributed by atoms with Crippen LogP contribution in [0.25, 0.3) is 0 Å². The summed E-state index contributed by atoms with van der Waals surface area (Å²) in [6.07, 6.45) is 9.54. The van der Waals surface area contributed by atoms with Crippen molar-refractivity contribution in [2.45, 2.75) is 94.8 Å². The van der Waals surface area contributed by atoms with E-state index in [1.807, 2.05) is 33.1 Å². The van der Waals surface area contributed by atoms with E-state index in [9.17, 15) is 9.59 Å². The molecule has 3 fully saturated rings. The SMILES string of the molecule is CSc1cc(C)[nH]c(=O)c1CNC(=O)c1cc(Cl)c2c(c1C)OC(C)(C1CCC(N3CC(OC4CC4)C3)CC1)O2. The number of benzene rings is 1. The first-order chi connectivity index (χ1) is 19.1. The minimum atomic E-state index is -0.828. The second kappa shape index (κ2) is 10.9. The number of pyridine rings is 1. The number of carbonyl (C=O) groups excluding carboxylic acids is 1. The number of ether oxygens (including phenoxy) is 3. The average molecular weight is 588 g/mol. The largest absolute Gasteiger partial charge is 0.448 e. The van der Waals surface area contributed by atoms with Gasteiger partial charge in [-0.25, -0.2) is 0 Å². The van der Waals surface area contributed by atoms with Gasteiger partial charge in [-0.05, 0) is 70.8 Å². The molecule has 0 radical (unpaired) electrons. The van der Waals surface area contributed by atoms with Crippen molar-refractivity contribution in [3.8, 4) is 11.5 Å². The molecule has 1 atom stereocenters. The van der Waals surface area contributed by atoms with Crippen molar-refractivity contribution >= 4 is 29.3 Å². The number of halogens is 1. The Balaban J connectivity index is 1.10. The van der Waals surface area contributed by atoms with Crippen LogP contribution in [0.5, 0.6) is 11.5 Å². The molecule has 4 aliphatic rings. The number of hydrogen-bond donors (Lipinski definition) is 2. The summed E-state index contributed by atoms with van der Waals surface area (Å²) < 4.78 is 18.9. The fraction of sp³-hybridized carbons (Fsp3) is 0.600. The summed E-state index contributed by atoms with van der Waals surface area (Å²) in [5.74, 6) is 0.115. The van der Waals surface area contributed by atoms with E-state index >= 15 is 0 Å². The lowest BCUT2D eigenvalue weighted by molar-refractivity contribution is -0.133. The Hall–Kier alpha value is -2.20. The van der Waals surface area contributed by atoms with E-state index in [1.165, 1.54) is 24.6 Å². The number of thioether (sulfide) groups is 1. The molecule has 2 aliphatic carbocycles. The van der Waals surface area contributed by atoms with E-state index in [0.29, 0.717) is 51.5 Å². The maximum absolute atomic E-state index is 13.3. The van der Waals surface area contributed by atoms with Crippen LogP contribution in [0.4, 0.5) is 0 Å². The number of likely N-dealkylation sites (tertiary alicyclic amines) is 1. The monoisotopic (exact) mass is 587 g/mol. The highest BCUT2D eigenvalue weighted by atomic mass is 35.5. The van der Waals surface area contributed by atoms with Crippen molar-refractivity contribution < 1.29 is 19.0 Å². The minimum absolute atomic E-state index is 0.113. The van der Waals surface area contributed by atoms with Crippen LogP contribution in [0.3, 0.4) is 0 Å². The molecule has 2 aliphatic heterocycles. The number of aromatic nitrogens is 1. The van der Waals surface area contributed by atoms with Gasteiger partial charge in [0.25, 0.3) is 17.3 Å². The molecule has 1 saturated heterocycles. The van der Waals surface area contributed by atoms with E-state index in [0.717, 1.165) is 49.4 Å². The van der Waals surface area contributed by atoms with Crippen LogP contribution in [0.15, 0.2) is 21.8 Å². The number of fused-ring (bicyclic) bond motifs is 1. The van der Waals surface area contributed by atoms with Crippen LogP contribution in [-0.2, 0) is 11.3 Å². The number of carbonyl (C=O) groups is 1. The first kappa shape index (κ1) is 27.9. The van der Waals surface area contributed by atoms with Gasteiger partial charge in [0.1, 0.15) is 0 Å². The first-order valence-corrected chi connectivity index (χ1v) is 15.9. The van der Waals surface area contributed by atoms with Gasteiger partial charge in [-0.3, -0.25) is 14.5 Å². The molecule has 2 saturated carbocycles. The third-order valence-electron chi connectivity index (χ3n) is 8.91. The van der Waals surface area contributed by atoms with Crippen molar-refractivity contribution in [3.63, 3.8) is 0 Å². The molecular weight excluding hydrogens is 550 g/mol. The van der Waals surface area contributed by atoms with Crippen molar-refractivity contribution in [1.29, 1.82) is 0 Å². The Kier molecular flexibility index (Phi) is 7.61. The highest BCUT2D eigenvalue weighted by Crippen LogP contribution is 2.52. The zero-order valence-corrected chi connectivity index (χ0v) is 25.2. The number of aromatic amines is 1. The van der Waals surface area contributed by atoms with Gasteiger partial charge in [-0.15, -0.1) is 11.8 Å². The highest BCUT2D eigenvalue weighted by molar-refractivity contribution is 7.98. The average Bonchev–Trinajstić information content (AvgIpc) is 3.65. The van der Waals surface area contributed by atoms with Crippen LogP contribution in [0.2, 0.25) is 5.02 Å². The third-order valence-corrected chi connectivity index (χ3v) is 9.99. The predicted octanol–water partition coefficient (Wildman–Crippen LogP) is 5.21. The normalized spacial score (nSPS) is 26.5. The van der Waals surface area contributed by atoms with Crippen LogP contribution < -0.4 is 20.3 Å². The van der Waals surface area contributed by atoms with Crippen molar-refractivity contribution in [1.82, 2.24) is 15.2 Å². The molecule has 6 rings (SSSR count). The Morgan fingerprint density at radius 2 is 1.82 bits per heavy atom. The fourth-order valence-corrected chi connectivity index (χ4v) is 7.28. The van der Waals surface area contributed by atoms with Crippen LogP contribution in [0.1, 0.15) is 72.6 Å². The molecule has 216 valence electrons. The van der Waals surface area contributed by atoms with E-state index < -0.39 is 5.79 Å². The third kappa shape index (κ3) is 5.38. The van der Waals surface area contributed by atoms with Gasteiger partial charge >= 0.3 is 0 Å². The second-order valence-corrected chi connectivity index (χ2v) is 13.1. The van der Waals surface area contributed by atoms with Gasteiger partial charge in [0, 0.05) is 65.8 Å². The molecule has 40 heavy (non-hydrogen) atoms. The van der Waals surface area contributed by atoms with E-state index in [4.69, 9.17) is 25.8 Å². The summed E-state index contributed by atoms with van der Waals surface area (Å²) in [6.45, 7) is 7.90. The van der Waals surface area contributed by atoms with Crippen molar-refractivity contribution in [3.05, 3.63) is 49.9 Å². The van der Waals surface area contributed by atoms with Gasteiger partial charge in [0.2, 0.25) is 0 Å². The molecule has 8 nitrogen and oxygen atoms in total. The number of nitrogens with zero attached hydrogens (tertiary/aromatic N) is 1. The molecule has 1 aromatic carbocycles. The maximum atomic E-state index is 13.3. The first-order valence-electron chi connectivity index (χ1n) is 14.3. The van der Waals surface area contributed by atoms with Crippen LogP contribution in [0, 0.1) is 19.8 Å². The summed E-state index contributed by atoms with van der Waals surface area (Å²) >= 11 is 8.13. The number of aryl methyl sites for hydroxylation is 1. The lowest BCUT2D eigenvalue weighted by Gasteiger charge is -2.47. The summed E-state index contributed by atoms with van der Waals surface area (Å²) in [5, 5.41) is 3.25. The van der Waals surface area contributed by atoms with Crippen LogP contribution in [-0.4, -0.2) is 59.2 Å². The Morgan fingerprint density at radius 3 is 2.50 bits per heavy atom. The van der Waals surface area contributed by atoms with Gasteiger partial charge in [0.05, 0.1) is 17.2 Å². The maximum Gasteiger partial charge on any atom is 0.254 e. The summed E-state index contributed by atoms with van der Waals surface area (Å²) in [5.41, 5.74) is 2.21. The molecule has 1 unspecified atom stereocenters. The van der Waals surface area contributed by atoms with Crippen molar-refractivity contribution in [2.24, 2.45) is 5.92 Å². The standard InChI is InChI=1S/C30H38ClN3O5S/c1-16-11-25(40-4)23(29(36)33-16)13-32-28(35)22-12-24(31)27-26(17(22)2)38-30(3,39-27)18-5-7-19(8-6-18)34-14-21(15-34)37-20-9-10-20/h11-12,18-21H,5-10,13-15H2,1-4H3,(H,32,35)(H,33,36). The van der Waals surface area contributed by atoms with Gasteiger partial charge in [0.15, 0.2) is 11.5 Å². The molecule has 1 amide bonds. The zero-order chi connectivity index (χ0) is 28.2. The Bertz CT molecular complexity index is 1360. The van der Waals surface area contributed by atoms with E-state index in [2.05, 4.69) is 15.2 Å². The molecule has 10 heteroatoms. The van der Waals surface area contributed by atoms with Gasteiger partial charge in [-0.2, -0.15) is 0 Å². The zero-order valence-electron chi connectivity index (χ0n) is 23.6. The molecular formula is C30H38ClN3O5S. The summed E-state index contributed by atoms with van der Waals surface area (Å²) in [4.78, 5) is 32.0. The number of amides is 1. The van der Waals surface area contributed by atoms with Crippen molar-refractivity contribution in [2.75, 3.05) is 19.3 Å². The second-order valence-electron chi connectivity index (χ2n) is 11.8. The highest BCUT2D eigenvalue weighted by Gasteiger charge is 2.48. The number of nitrogens with one attached hydrogen (secondary N) is 2. The molecule has 0 spiro atoms. The quantitative estimate of drug-likeness (QED) is 0.410. The van der Waals surface area contributed by atoms with Gasteiger partial charge in [-0.1, -0.05) is 11.6 Å². The molecule has 0 bridgehead atoms. The molecule has 2 N–H and O–H groups in total. The molecule has 3 heterocycles. The Morgan fingerprint density at radius 1 is 1.12 bits per heavy atom. The predicted molar refractivity (Wildman–Crippen MR) is 156 cm³/mol. The molecule has 1 aromatic heterocycles. The van der Waals surface area contributed by atoms with E-state index in [1.54, 1.807) is 6.07 Å². The molecule has 2 aromatic rings. The van der Waals surface area contributed by atoms with Gasteiger partial charge < -0.3 is 24.5 Å². The topological polar surface area (TPSA) is 92.9 Å². The summed E-state index contributed by atoms with van der Waals surface area (Å²) in [6, 6.07) is 4.14.